The van der Waals surface area contributed by atoms with Gasteiger partial charge in [0.25, 0.3) is 5.91 Å². The summed E-state index contributed by atoms with van der Waals surface area (Å²) in [6.45, 7) is 1.99. The number of fused-ring (bicyclic) bond motifs is 1. The zero-order valence-electron chi connectivity index (χ0n) is 11.8. The van der Waals surface area contributed by atoms with Crippen LogP contribution in [0.25, 0.3) is 10.9 Å². The molecule has 0 spiro atoms. The van der Waals surface area contributed by atoms with Gasteiger partial charge in [-0.2, -0.15) is 5.10 Å². The third kappa shape index (κ3) is 2.67. The quantitative estimate of drug-likeness (QED) is 0.775. The number of aryl methyl sites for hydroxylation is 1. The molecule has 1 heterocycles. The Kier molecular flexibility index (Phi) is 3.81. The van der Waals surface area contributed by atoms with Gasteiger partial charge in [-0.3, -0.25) is 9.89 Å². The van der Waals surface area contributed by atoms with Crippen LogP contribution < -0.4 is 5.32 Å². The second-order valence-electron chi connectivity index (χ2n) is 5.02. The first-order chi connectivity index (χ1) is 10.6. The molecule has 6 heteroatoms. The molecule has 0 saturated carbocycles. The highest BCUT2D eigenvalue weighted by molar-refractivity contribution is 6.31. The zero-order chi connectivity index (χ0) is 15.7. The largest absolute Gasteiger partial charge is 0.348 e. The van der Waals surface area contributed by atoms with Gasteiger partial charge >= 0.3 is 0 Å². The van der Waals surface area contributed by atoms with Crippen molar-refractivity contribution in [2.24, 2.45) is 0 Å². The lowest BCUT2D eigenvalue weighted by Crippen LogP contribution is -2.23. The number of benzene rings is 2. The number of amides is 1. The lowest BCUT2D eigenvalue weighted by atomic mass is 10.1. The number of carbonyl (C=O) groups excluding carboxylic acids is 1. The molecule has 2 N–H and O–H groups in total. The van der Waals surface area contributed by atoms with Crippen LogP contribution >= 0.6 is 11.6 Å². The standard InChI is InChI=1S/C16H13ClFN3O/c1-9-5-11(6-13(18)15(9)17)16(22)19-7-10-3-2-4-14-12(10)8-20-21-14/h2-6,8H,7H2,1H3,(H,19,22)(H,20,21). The van der Waals surface area contributed by atoms with E-state index < -0.39 is 5.82 Å². The van der Waals surface area contributed by atoms with E-state index in [1.807, 2.05) is 18.2 Å². The van der Waals surface area contributed by atoms with Crippen molar-refractivity contribution >= 4 is 28.4 Å². The third-order valence-corrected chi connectivity index (χ3v) is 3.97. The molecule has 3 rings (SSSR count). The van der Waals surface area contributed by atoms with E-state index in [-0.39, 0.29) is 16.5 Å². The Hall–Kier alpha value is -2.40. The predicted molar refractivity (Wildman–Crippen MR) is 83.4 cm³/mol. The average Bonchev–Trinajstić information content (AvgIpc) is 2.98. The Bertz CT molecular complexity index is 836. The van der Waals surface area contributed by atoms with Crippen LogP contribution in [-0.4, -0.2) is 16.1 Å². The van der Waals surface area contributed by atoms with Crippen molar-refractivity contribution in [3.63, 3.8) is 0 Å². The molecular formula is C16H13ClFN3O. The fourth-order valence-electron chi connectivity index (χ4n) is 2.32. The number of carbonyl (C=O) groups is 1. The molecule has 22 heavy (non-hydrogen) atoms. The van der Waals surface area contributed by atoms with E-state index in [4.69, 9.17) is 11.6 Å². The number of aromatic nitrogens is 2. The molecule has 0 fully saturated rings. The van der Waals surface area contributed by atoms with Crippen LogP contribution in [0.3, 0.4) is 0 Å². The smallest absolute Gasteiger partial charge is 0.251 e. The number of hydrogen-bond donors (Lipinski definition) is 2. The molecule has 0 aliphatic heterocycles. The highest BCUT2D eigenvalue weighted by atomic mass is 35.5. The van der Waals surface area contributed by atoms with E-state index in [2.05, 4.69) is 15.5 Å². The summed E-state index contributed by atoms with van der Waals surface area (Å²) < 4.78 is 13.6. The number of nitrogens with one attached hydrogen (secondary N) is 2. The molecule has 4 nitrogen and oxygen atoms in total. The molecule has 0 atom stereocenters. The van der Waals surface area contributed by atoms with Gasteiger partial charge in [-0.05, 0) is 36.2 Å². The van der Waals surface area contributed by atoms with E-state index in [0.717, 1.165) is 22.5 Å². The van der Waals surface area contributed by atoms with E-state index >= 15 is 0 Å². The summed E-state index contributed by atoms with van der Waals surface area (Å²) in [5.41, 5.74) is 2.62. The van der Waals surface area contributed by atoms with Crippen molar-refractivity contribution in [2.75, 3.05) is 0 Å². The number of rotatable bonds is 3. The topological polar surface area (TPSA) is 57.8 Å². The van der Waals surface area contributed by atoms with Crippen molar-refractivity contribution in [1.29, 1.82) is 0 Å². The van der Waals surface area contributed by atoms with Gasteiger partial charge < -0.3 is 5.32 Å². The van der Waals surface area contributed by atoms with Crippen LogP contribution in [-0.2, 0) is 6.54 Å². The van der Waals surface area contributed by atoms with Crippen molar-refractivity contribution in [1.82, 2.24) is 15.5 Å². The zero-order valence-corrected chi connectivity index (χ0v) is 12.5. The number of aromatic amines is 1. The normalized spacial score (nSPS) is 10.9. The molecule has 0 saturated heterocycles. The van der Waals surface area contributed by atoms with Crippen LogP contribution in [0.5, 0.6) is 0 Å². The monoisotopic (exact) mass is 317 g/mol. The van der Waals surface area contributed by atoms with Gasteiger partial charge in [0.05, 0.1) is 16.7 Å². The molecule has 1 amide bonds. The molecule has 0 radical (unpaired) electrons. The highest BCUT2D eigenvalue weighted by Crippen LogP contribution is 2.21. The van der Waals surface area contributed by atoms with E-state index in [9.17, 15) is 9.18 Å². The molecule has 1 aromatic heterocycles. The van der Waals surface area contributed by atoms with Gasteiger partial charge in [0.2, 0.25) is 0 Å². The van der Waals surface area contributed by atoms with Crippen LogP contribution in [0.1, 0.15) is 21.5 Å². The molecule has 0 bridgehead atoms. The van der Waals surface area contributed by atoms with Gasteiger partial charge in [-0.25, -0.2) is 4.39 Å². The Morgan fingerprint density at radius 1 is 1.41 bits per heavy atom. The summed E-state index contributed by atoms with van der Waals surface area (Å²) in [5, 5.41) is 10.6. The van der Waals surface area contributed by atoms with Crippen LogP contribution in [0.2, 0.25) is 5.02 Å². The summed E-state index contributed by atoms with van der Waals surface area (Å²) in [7, 11) is 0. The molecule has 3 aromatic rings. The van der Waals surface area contributed by atoms with Gasteiger partial charge in [-0.15, -0.1) is 0 Å². The van der Waals surface area contributed by atoms with Gasteiger partial charge in [0.15, 0.2) is 0 Å². The summed E-state index contributed by atoms with van der Waals surface area (Å²) in [6, 6.07) is 8.41. The summed E-state index contributed by atoms with van der Waals surface area (Å²) >= 11 is 5.76. The highest BCUT2D eigenvalue weighted by Gasteiger charge is 2.12. The maximum Gasteiger partial charge on any atom is 0.251 e. The second kappa shape index (κ2) is 5.77. The summed E-state index contributed by atoms with van der Waals surface area (Å²) in [5.74, 6) is -0.942. The second-order valence-corrected chi connectivity index (χ2v) is 5.40. The molecule has 2 aromatic carbocycles. The fraction of sp³-hybridized carbons (Fsp3) is 0.125. The molecule has 112 valence electrons. The lowest BCUT2D eigenvalue weighted by molar-refractivity contribution is 0.0950. The van der Waals surface area contributed by atoms with Gasteiger partial charge in [0.1, 0.15) is 5.82 Å². The Morgan fingerprint density at radius 3 is 3.00 bits per heavy atom. The minimum absolute atomic E-state index is 0.0414. The number of halogens is 2. The summed E-state index contributed by atoms with van der Waals surface area (Å²) in [6.07, 6.45) is 1.71. The van der Waals surface area contributed by atoms with Crippen molar-refractivity contribution in [2.45, 2.75) is 13.5 Å². The van der Waals surface area contributed by atoms with Crippen molar-refractivity contribution in [3.05, 3.63) is 64.1 Å². The molecule has 0 unspecified atom stereocenters. The molecule has 0 aliphatic rings. The van der Waals surface area contributed by atoms with E-state index in [0.29, 0.717) is 12.1 Å². The maximum atomic E-state index is 13.6. The maximum absolute atomic E-state index is 13.6. The Labute approximate surface area is 131 Å². The Balaban J connectivity index is 1.79. The number of hydrogen-bond acceptors (Lipinski definition) is 2. The van der Waals surface area contributed by atoms with E-state index in [1.165, 1.54) is 0 Å². The SMILES string of the molecule is Cc1cc(C(=O)NCc2cccc3[nH]ncc23)cc(F)c1Cl. The van der Waals surface area contributed by atoms with Gasteiger partial charge in [0, 0.05) is 17.5 Å². The van der Waals surface area contributed by atoms with Crippen LogP contribution in [0, 0.1) is 12.7 Å². The van der Waals surface area contributed by atoms with Crippen molar-refractivity contribution < 1.29 is 9.18 Å². The third-order valence-electron chi connectivity index (χ3n) is 3.49. The Morgan fingerprint density at radius 2 is 2.23 bits per heavy atom. The minimum Gasteiger partial charge on any atom is -0.348 e. The van der Waals surface area contributed by atoms with Crippen molar-refractivity contribution in [3.8, 4) is 0 Å². The van der Waals surface area contributed by atoms with E-state index in [1.54, 1.807) is 19.2 Å². The first kappa shape index (κ1) is 14.5. The molecule has 0 aliphatic carbocycles. The molecular weight excluding hydrogens is 305 g/mol. The van der Waals surface area contributed by atoms with Gasteiger partial charge in [-0.1, -0.05) is 23.7 Å². The van der Waals surface area contributed by atoms with Crippen LogP contribution in [0.4, 0.5) is 4.39 Å². The first-order valence-electron chi connectivity index (χ1n) is 6.71. The number of H-pyrrole nitrogens is 1. The van der Waals surface area contributed by atoms with Crippen LogP contribution in [0.15, 0.2) is 36.5 Å². The number of nitrogens with zero attached hydrogens (tertiary/aromatic N) is 1. The average molecular weight is 318 g/mol. The predicted octanol–water partition coefficient (Wildman–Crippen LogP) is 3.59. The fourth-order valence-corrected chi connectivity index (χ4v) is 2.43. The lowest BCUT2D eigenvalue weighted by Gasteiger charge is -2.08. The summed E-state index contributed by atoms with van der Waals surface area (Å²) in [4.78, 5) is 12.2. The first-order valence-corrected chi connectivity index (χ1v) is 7.09. The minimum atomic E-state index is -0.594.